The molecule has 0 amide bonds. The van der Waals surface area contributed by atoms with Gasteiger partial charge in [-0.2, -0.15) is 4.98 Å². The van der Waals surface area contributed by atoms with Crippen LogP contribution in [0.3, 0.4) is 0 Å². The zero-order valence-corrected chi connectivity index (χ0v) is 22.1. The van der Waals surface area contributed by atoms with Crippen LogP contribution < -0.4 is 4.74 Å². The number of esters is 1. The summed E-state index contributed by atoms with van der Waals surface area (Å²) in [6.07, 6.45) is 4.79. The van der Waals surface area contributed by atoms with Gasteiger partial charge in [-0.15, -0.1) is 0 Å². The van der Waals surface area contributed by atoms with E-state index in [1.807, 2.05) is 34.6 Å². The fourth-order valence-corrected chi connectivity index (χ4v) is 3.36. The zero-order valence-electron chi connectivity index (χ0n) is 20.5. The van der Waals surface area contributed by atoms with Crippen LogP contribution in [-0.4, -0.2) is 38.9 Å². The molecule has 0 spiro atoms. The number of ether oxygens (including phenoxy) is 2. The molecule has 0 unspecified atom stereocenters. The molecule has 10 heteroatoms. The maximum atomic E-state index is 10.8. The zero-order chi connectivity index (χ0) is 26.0. The number of carbonyl (C=O) groups is 1. The summed E-state index contributed by atoms with van der Waals surface area (Å²) in [5, 5.41) is 14.0. The minimum atomic E-state index is -0.0347. The summed E-state index contributed by atoms with van der Waals surface area (Å²) < 4.78 is 15.5. The number of phenols is 1. The van der Waals surface area contributed by atoms with Crippen LogP contribution in [-0.2, 0) is 9.53 Å². The van der Waals surface area contributed by atoms with Crippen molar-refractivity contribution in [1.29, 1.82) is 0 Å². The Kier molecular flexibility index (Phi) is 11.3. The standard InChI is InChI=1S/C16H13Cl2N3O3.C7H12O2.C2H6/c1-8(2)23-16-13(18)5-9(7-19-16)15-20-14(21-24-15)11-4-3-10(22)6-12(11)17;1-2-9-7(8)6-4-3-5-6;1-2/h3-8,22H,1-2H3;6H,2-5H2,1H3;1-2H3. The van der Waals surface area contributed by atoms with Gasteiger partial charge in [0, 0.05) is 11.8 Å². The van der Waals surface area contributed by atoms with Crippen LogP contribution in [0.1, 0.15) is 53.9 Å². The number of hydrogen-bond acceptors (Lipinski definition) is 8. The summed E-state index contributed by atoms with van der Waals surface area (Å²) in [5.74, 6) is 1.20. The Bertz CT molecular complexity index is 1100. The van der Waals surface area contributed by atoms with Gasteiger partial charge in [0.1, 0.15) is 10.8 Å². The van der Waals surface area contributed by atoms with Crippen molar-refractivity contribution in [2.24, 2.45) is 5.92 Å². The van der Waals surface area contributed by atoms with Crippen LogP contribution in [0.25, 0.3) is 22.8 Å². The van der Waals surface area contributed by atoms with Gasteiger partial charge in [-0.1, -0.05) is 48.6 Å². The summed E-state index contributed by atoms with van der Waals surface area (Å²) in [7, 11) is 0. The molecule has 0 aliphatic heterocycles. The molecule has 1 N–H and O–H groups in total. The lowest BCUT2D eigenvalue weighted by atomic mass is 9.86. The van der Waals surface area contributed by atoms with E-state index in [2.05, 4.69) is 15.1 Å². The molecule has 0 atom stereocenters. The van der Waals surface area contributed by atoms with Gasteiger partial charge in [-0.25, -0.2) is 4.98 Å². The fourth-order valence-electron chi connectivity index (χ4n) is 2.89. The molecule has 35 heavy (non-hydrogen) atoms. The van der Waals surface area contributed by atoms with Crippen LogP contribution in [0.15, 0.2) is 35.0 Å². The summed E-state index contributed by atoms with van der Waals surface area (Å²) in [6.45, 7) is 10.1. The highest BCUT2D eigenvalue weighted by Gasteiger charge is 2.25. The van der Waals surface area contributed by atoms with Crippen molar-refractivity contribution in [2.75, 3.05) is 6.61 Å². The van der Waals surface area contributed by atoms with Crippen molar-refractivity contribution in [3.05, 3.63) is 40.5 Å². The molecular formula is C25H31Cl2N3O5. The predicted octanol–water partition coefficient (Wildman–Crippen LogP) is 6.97. The van der Waals surface area contributed by atoms with Crippen molar-refractivity contribution in [3.8, 4) is 34.5 Å². The van der Waals surface area contributed by atoms with Crippen LogP contribution in [0.5, 0.6) is 11.6 Å². The topological polar surface area (TPSA) is 108 Å². The SMILES string of the molecule is CC.CC(C)Oc1ncc(-c2nc(-c3ccc(O)cc3Cl)no2)cc1Cl.CCOC(=O)C1CCC1. The van der Waals surface area contributed by atoms with E-state index in [1.165, 1.54) is 18.6 Å². The van der Waals surface area contributed by atoms with Crippen LogP contribution in [0.4, 0.5) is 0 Å². The molecule has 3 aromatic rings. The Labute approximate surface area is 215 Å². The Balaban J connectivity index is 0.000000329. The van der Waals surface area contributed by atoms with E-state index in [4.69, 9.17) is 37.2 Å². The maximum absolute atomic E-state index is 10.8. The Morgan fingerprint density at radius 2 is 1.91 bits per heavy atom. The van der Waals surface area contributed by atoms with Crippen molar-refractivity contribution >= 4 is 29.2 Å². The normalized spacial score (nSPS) is 12.6. The van der Waals surface area contributed by atoms with Crippen LogP contribution >= 0.6 is 23.2 Å². The summed E-state index contributed by atoms with van der Waals surface area (Å²) in [6, 6.07) is 6.15. The van der Waals surface area contributed by atoms with E-state index in [1.54, 1.807) is 18.3 Å². The molecule has 0 bridgehead atoms. The van der Waals surface area contributed by atoms with Gasteiger partial charge in [0.25, 0.3) is 5.89 Å². The first-order chi connectivity index (χ1) is 16.8. The third-order valence-corrected chi connectivity index (χ3v) is 5.33. The minimum absolute atomic E-state index is 0.00347. The highest BCUT2D eigenvalue weighted by molar-refractivity contribution is 6.33. The van der Waals surface area contributed by atoms with Gasteiger partial charge in [0.2, 0.25) is 11.7 Å². The molecule has 0 radical (unpaired) electrons. The molecule has 8 nitrogen and oxygen atoms in total. The molecule has 4 rings (SSSR count). The molecular weight excluding hydrogens is 493 g/mol. The monoisotopic (exact) mass is 523 g/mol. The highest BCUT2D eigenvalue weighted by Crippen LogP contribution is 2.32. The molecule has 1 saturated carbocycles. The number of halogens is 2. The number of pyridine rings is 1. The summed E-state index contributed by atoms with van der Waals surface area (Å²) in [4.78, 5) is 19.3. The van der Waals surface area contributed by atoms with Gasteiger partial charge in [-0.3, -0.25) is 4.79 Å². The van der Waals surface area contributed by atoms with Gasteiger partial charge in [0.15, 0.2) is 0 Å². The second-order valence-electron chi connectivity index (χ2n) is 7.64. The van der Waals surface area contributed by atoms with Crippen LogP contribution in [0.2, 0.25) is 10.0 Å². The van der Waals surface area contributed by atoms with E-state index in [-0.39, 0.29) is 29.6 Å². The highest BCUT2D eigenvalue weighted by atomic mass is 35.5. The molecule has 1 fully saturated rings. The van der Waals surface area contributed by atoms with Gasteiger partial charge in [-0.05, 0) is 57.9 Å². The van der Waals surface area contributed by atoms with E-state index in [9.17, 15) is 9.90 Å². The van der Waals surface area contributed by atoms with Gasteiger partial charge >= 0.3 is 5.97 Å². The number of nitrogens with zero attached hydrogens (tertiary/aromatic N) is 3. The Morgan fingerprint density at radius 1 is 1.20 bits per heavy atom. The van der Waals surface area contributed by atoms with Crippen molar-refractivity contribution in [1.82, 2.24) is 15.1 Å². The minimum Gasteiger partial charge on any atom is -0.508 e. The lowest BCUT2D eigenvalue weighted by Crippen LogP contribution is -2.23. The van der Waals surface area contributed by atoms with E-state index < -0.39 is 0 Å². The number of aromatic nitrogens is 3. The summed E-state index contributed by atoms with van der Waals surface area (Å²) in [5.41, 5.74) is 1.10. The first kappa shape index (κ1) is 28.4. The number of hydrogen-bond donors (Lipinski definition) is 1. The first-order valence-electron chi connectivity index (χ1n) is 11.6. The average Bonchev–Trinajstić information content (AvgIpc) is 3.26. The van der Waals surface area contributed by atoms with Crippen molar-refractivity contribution in [2.45, 2.75) is 60.0 Å². The third-order valence-electron chi connectivity index (χ3n) is 4.75. The smallest absolute Gasteiger partial charge is 0.308 e. The van der Waals surface area contributed by atoms with Gasteiger partial charge in [0.05, 0.1) is 29.2 Å². The van der Waals surface area contributed by atoms with Crippen molar-refractivity contribution in [3.63, 3.8) is 0 Å². The predicted molar refractivity (Wildman–Crippen MR) is 136 cm³/mol. The largest absolute Gasteiger partial charge is 0.508 e. The Morgan fingerprint density at radius 3 is 2.46 bits per heavy atom. The van der Waals surface area contributed by atoms with E-state index in [0.717, 1.165) is 12.8 Å². The molecule has 1 aromatic carbocycles. The Hall–Kier alpha value is -2.84. The second kappa shape index (κ2) is 13.9. The van der Waals surface area contributed by atoms with Gasteiger partial charge < -0.3 is 19.1 Å². The number of carbonyl (C=O) groups excluding carboxylic acids is 1. The van der Waals surface area contributed by atoms with E-state index in [0.29, 0.717) is 39.5 Å². The quantitative estimate of drug-likeness (QED) is 0.344. The lowest BCUT2D eigenvalue weighted by molar-refractivity contribution is -0.150. The lowest BCUT2D eigenvalue weighted by Gasteiger charge is -2.22. The molecule has 1 aliphatic carbocycles. The molecule has 0 saturated heterocycles. The fraction of sp³-hybridized carbons (Fsp3) is 0.440. The van der Waals surface area contributed by atoms with Crippen molar-refractivity contribution < 1.29 is 23.9 Å². The molecule has 2 heterocycles. The van der Waals surface area contributed by atoms with Crippen LogP contribution in [0, 0.1) is 5.92 Å². The molecule has 190 valence electrons. The third kappa shape index (κ3) is 8.11. The van der Waals surface area contributed by atoms with E-state index >= 15 is 0 Å². The number of benzene rings is 1. The second-order valence-corrected chi connectivity index (χ2v) is 8.46. The molecule has 1 aliphatic rings. The summed E-state index contributed by atoms with van der Waals surface area (Å²) >= 11 is 12.2. The molecule has 2 aromatic heterocycles. The maximum Gasteiger partial charge on any atom is 0.308 e. The number of aromatic hydroxyl groups is 1. The number of rotatable bonds is 6. The average molecular weight is 524 g/mol. The first-order valence-corrected chi connectivity index (χ1v) is 12.4. The number of phenolic OH excluding ortho intramolecular Hbond substituents is 1.